The van der Waals surface area contributed by atoms with Gasteiger partial charge in [-0.05, 0) is 43.2 Å². The number of nitriles is 1. The molecular weight excluding hydrogens is 452 g/mol. The van der Waals surface area contributed by atoms with Crippen LogP contribution in [0.3, 0.4) is 0 Å². The molecule has 1 unspecified atom stereocenters. The molecule has 34 heavy (non-hydrogen) atoms. The number of hydrogen-bond acceptors (Lipinski definition) is 6. The number of carbonyl (C=O) groups is 2. The highest BCUT2D eigenvalue weighted by Crippen LogP contribution is 2.39. The maximum Gasteiger partial charge on any atom is 0.337 e. The van der Waals surface area contributed by atoms with E-state index in [1.807, 2.05) is 42.5 Å². The molecule has 1 aliphatic heterocycles. The van der Waals surface area contributed by atoms with Crippen LogP contribution < -0.4 is 5.32 Å². The number of rotatable bonds is 8. The molecule has 1 N–H and O–H groups in total. The van der Waals surface area contributed by atoms with E-state index in [-0.39, 0.29) is 25.2 Å². The first-order valence-corrected chi connectivity index (χ1v) is 11.2. The number of dihydropyridines is 1. The zero-order valence-corrected chi connectivity index (χ0v) is 19.8. The third-order valence-electron chi connectivity index (χ3n) is 5.25. The molecule has 0 saturated heterocycles. The SMILES string of the molecule is CC1=C(C(=O)OC/C=C/c2ccccc2)C(c2cccc(Cl)c2)C(C(=O)OCCC#N)=C(C)N1. The van der Waals surface area contributed by atoms with Gasteiger partial charge in [0.05, 0.1) is 29.6 Å². The maximum absolute atomic E-state index is 13.2. The van der Waals surface area contributed by atoms with Gasteiger partial charge in [-0.15, -0.1) is 0 Å². The molecule has 6 nitrogen and oxygen atoms in total. The van der Waals surface area contributed by atoms with Crippen LogP contribution in [-0.4, -0.2) is 25.2 Å². The van der Waals surface area contributed by atoms with E-state index in [4.69, 9.17) is 26.3 Å². The summed E-state index contributed by atoms with van der Waals surface area (Å²) in [7, 11) is 0. The summed E-state index contributed by atoms with van der Waals surface area (Å²) in [6.07, 6.45) is 3.70. The van der Waals surface area contributed by atoms with Gasteiger partial charge in [0.1, 0.15) is 13.2 Å². The van der Waals surface area contributed by atoms with Crippen LogP contribution in [-0.2, 0) is 19.1 Å². The van der Waals surface area contributed by atoms with E-state index in [9.17, 15) is 9.59 Å². The minimum atomic E-state index is -0.736. The first-order chi connectivity index (χ1) is 16.4. The molecule has 174 valence electrons. The smallest absolute Gasteiger partial charge is 0.337 e. The normalized spacial score (nSPS) is 15.6. The molecule has 0 amide bonds. The van der Waals surface area contributed by atoms with Crippen molar-refractivity contribution in [1.29, 1.82) is 5.26 Å². The minimum Gasteiger partial charge on any atom is -0.461 e. The molecule has 0 spiro atoms. The molecule has 1 atom stereocenters. The number of nitrogens with one attached hydrogen (secondary N) is 1. The van der Waals surface area contributed by atoms with Crippen molar-refractivity contribution in [2.75, 3.05) is 13.2 Å². The van der Waals surface area contributed by atoms with Crippen LogP contribution in [0.15, 0.2) is 83.2 Å². The van der Waals surface area contributed by atoms with E-state index in [0.29, 0.717) is 27.6 Å². The summed E-state index contributed by atoms with van der Waals surface area (Å²) in [5.41, 5.74) is 3.36. The van der Waals surface area contributed by atoms with Crippen molar-refractivity contribution in [3.05, 3.63) is 99.4 Å². The van der Waals surface area contributed by atoms with E-state index in [1.54, 1.807) is 44.2 Å². The fourth-order valence-corrected chi connectivity index (χ4v) is 3.97. The molecular formula is C27H25ClN2O4. The average Bonchev–Trinajstić information content (AvgIpc) is 2.82. The lowest BCUT2D eigenvalue weighted by molar-refractivity contribution is -0.139. The number of esters is 2. The zero-order valence-electron chi connectivity index (χ0n) is 19.0. The standard InChI is InChI=1S/C27H25ClN2O4/c1-18-23(26(31)33-15-7-11-20-9-4-3-5-10-20)25(21-12-6-13-22(28)17-21)24(19(2)30-18)27(32)34-16-8-14-29/h3-7,9-13,17,25,30H,8,15-16H2,1-2H3/b11-7+. The molecule has 2 aromatic rings. The van der Waals surface area contributed by atoms with Crippen molar-refractivity contribution in [2.45, 2.75) is 26.2 Å². The van der Waals surface area contributed by atoms with Crippen LogP contribution in [0, 0.1) is 11.3 Å². The third-order valence-corrected chi connectivity index (χ3v) is 5.48. The van der Waals surface area contributed by atoms with Gasteiger partial charge in [0.2, 0.25) is 0 Å². The first-order valence-electron chi connectivity index (χ1n) is 10.8. The Hall–Kier alpha value is -3.82. The topological polar surface area (TPSA) is 88.4 Å². The highest BCUT2D eigenvalue weighted by Gasteiger charge is 2.38. The molecule has 1 aliphatic rings. The summed E-state index contributed by atoms with van der Waals surface area (Å²) in [4.78, 5) is 26.2. The molecule has 2 aromatic carbocycles. The Morgan fingerprint density at radius 2 is 1.71 bits per heavy atom. The van der Waals surface area contributed by atoms with Gasteiger partial charge in [0.15, 0.2) is 0 Å². The van der Waals surface area contributed by atoms with E-state index >= 15 is 0 Å². The minimum absolute atomic E-state index is 0.0405. The average molecular weight is 477 g/mol. The largest absolute Gasteiger partial charge is 0.461 e. The lowest BCUT2D eigenvalue weighted by Crippen LogP contribution is -2.32. The van der Waals surface area contributed by atoms with Crippen molar-refractivity contribution in [3.63, 3.8) is 0 Å². The lowest BCUT2D eigenvalue weighted by atomic mass is 9.80. The van der Waals surface area contributed by atoms with E-state index < -0.39 is 17.9 Å². The van der Waals surface area contributed by atoms with E-state index in [1.165, 1.54) is 0 Å². The van der Waals surface area contributed by atoms with Gasteiger partial charge >= 0.3 is 11.9 Å². The Bertz CT molecular complexity index is 1190. The number of ether oxygens (including phenoxy) is 2. The Morgan fingerprint density at radius 3 is 2.35 bits per heavy atom. The molecule has 0 bridgehead atoms. The van der Waals surface area contributed by atoms with Gasteiger partial charge < -0.3 is 14.8 Å². The highest BCUT2D eigenvalue weighted by molar-refractivity contribution is 6.30. The number of hydrogen-bond donors (Lipinski definition) is 1. The Morgan fingerprint density at radius 1 is 1.03 bits per heavy atom. The van der Waals surface area contributed by atoms with Gasteiger partial charge in [0, 0.05) is 16.4 Å². The van der Waals surface area contributed by atoms with Crippen molar-refractivity contribution in [1.82, 2.24) is 5.32 Å². The van der Waals surface area contributed by atoms with Crippen LogP contribution in [0.4, 0.5) is 0 Å². The summed E-state index contributed by atoms with van der Waals surface area (Å²) < 4.78 is 10.9. The van der Waals surface area contributed by atoms with E-state index in [2.05, 4.69) is 5.32 Å². The van der Waals surface area contributed by atoms with Gasteiger partial charge in [-0.1, -0.05) is 60.1 Å². The predicted octanol–water partition coefficient (Wildman–Crippen LogP) is 5.29. The Kier molecular flexibility index (Phi) is 8.66. The van der Waals surface area contributed by atoms with Crippen molar-refractivity contribution in [2.24, 2.45) is 0 Å². The fraction of sp³-hybridized carbons (Fsp3) is 0.222. The molecule has 3 rings (SSSR count). The highest BCUT2D eigenvalue weighted by atomic mass is 35.5. The number of carbonyl (C=O) groups excluding carboxylic acids is 2. The van der Waals surface area contributed by atoms with Crippen molar-refractivity contribution in [3.8, 4) is 6.07 Å². The quantitative estimate of drug-likeness (QED) is 0.411. The molecule has 0 aromatic heterocycles. The summed E-state index contributed by atoms with van der Waals surface area (Å²) in [6, 6.07) is 18.6. The van der Waals surface area contributed by atoms with Crippen molar-refractivity contribution >= 4 is 29.6 Å². The van der Waals surface area contributed by atoms with Crippen LogP contribution >= 0.6 is 11.6 Å². The Labute approximate surface area is 204 Å². The van der Waals surface area contributed by atoms with Crippen LogP contribution in [0.25, 0.3) is 6.08 Å². The number of allylic oxidation sites excluding steroid dienone is 2. The first kappa shape index (κ1) is 24.8. The third kappa shape index (κ3) is 6.15. The molecule has 1 heterocycles. The van der Waals surface area contributed by atoms with Gasteiger partial charge in [-0.25, -0.2) is 9.59 Å². The van der Waals surface area contributed by atoms with E-state index in [0.717, 1.165) is 5.56 Å². The molecule has 7 heteroatoms. The van der Waals surface area contributed by atoms with Crippen molar-refractivity contribution < 1.29 is 19.1 Å². The van der Waals surface area contributed by atoms with Gasteiger partial charge in [-0.3, -0.25) is 0 Å². The molecule has 0 fully saturated rings. The second-order valence-corrected chi connectivity index (χ2v) is 8.08. The van der Waals surface area contributed by atoms with Gasteiger partial charge in [-0.2, -0.15) is 5.26 Å². The fourth-order valence-electron chi connectivity index (χ4n) is 3.77. The molecule has 0 aliphatic carbocycles. The number of benzene rings is 2. The monoisotopic (exact) mass is 476 g/mol. The number of halogens is 1. The summed E-state index contributed by atoms with van der Waals surface area (Å²) >= 11 is 6.23. The van der Waals surface area contributed by atoms with Crippen LogP contribution in [0.5, 0.6) is 0 Å². The summed E-state index contributed by atoms with van der Waals surface area (Å²) in [5, 5.41) is 12.4. The second-order valence-electron chi connectivity index (χ2n) is 7.65. The van der Waals surface area contributed by atoms with Crippen LogP contribution in [0.1, 0.15) is 37.3 Å². The van der Waals surface area contributed by atoms with Gasteiger partial charge in [0.25, 0.3) is 0 Å². The zero-order chi connectivity index (χ0) is 24.5. The number of nitrogens with zero attached hydrogens (tertiary/aromatic N) is 1. The predicted molar refractivity (Wildman–Crippen MR) is 130 cm³/mol. The maximum atomic E-state index is 13.2. The van der Waals surface area contributed by atoms with Crippen LogP contribution in [0.2, 0.25) is 5.02 Å². The second kappa shape index (κ2) is 11.9. The summed E-state index contributed by atoms with van der Waals surface area (Å²) in [6.45, 7) is 3.53. The lowest BCUT2D eigenvalue weighted by Gasteiger charge is -2.30. The Balaban J connectivity index is 1.89. The molecule has 0 radical (unpaired) electrons. The summed E-state index contributed by atoms with van der Waals surface area (Å²) in [5.74, 6) is -1.89. The molecule has 0 saturated carbocycles.